The second kappa shape index (κ2) is 6.26. The van der Waals surface area contributed by atoms with E-state index in [1.54, 1.807) is 6.20 Å². The van der Waals surface area contributed by atoms with Crippen LogP contribution in [0.4, 0.5) is 0 Å². The molecule has 0 aliphatic heterocycles. The summed E-state index contributed by atoms with van der Waals surface area (Å²) in [6, 6.07) is 0. The molecule has 4 nitrogen and oxygen atoms in total. The smallest absolute Gasteiger partial charge is 0.161 e. The third-order valence-electron chi connectivity index (χ3n) is 3.01. The average molecular weight is 297 g/mol. The molecule has 0 aliphatic rings. The van der Waals surface area contributed by atoms with E-state index >= 15 is 0 Å². The predicted molar refractivity (Wildman–Crippen MR) is 78.5 cm³/mol. The van der Waals surface area contributed by atoms with E-state index in [-0.39, 0.29) is 10.3 Å². The first-order valence-electron chi connectivity index (χ1n) is 6.18. The van der Waals surface area contributed by atoms with Crippen molar-refractivity contribution in [2.75, 3.05) is 0 Å². The van der Waals surface area contributed by atoms with Crippen LogP contribution in [0.25, 0.3) is 10.8 Å². The van der Waals surface area contributed by atoms with Crippen molar-refractivity contribution in [3.63, 3.8) is 0 Å². The van der Waals surface area contributed by atoms with Crippen LogP contribution >= 0.6 is 23.2 Å². The number of rotatable bonds is 5. The predicted octanol–water partition coefficient (Wildman–Crippen LogP) is 4.06. The maximum absolute atomic E-state index is 7.60. The summed E-state index contributed by atoms with van der Waals surface area (Å²) in [6.07, 6.45) is 7.07. The lowest BCUT2D eigenvalue weighted by Crippen LogP contribution is -2.01. The minimum absolute atomic E-state index is 0.259. The molecular weight excluding hydrogens is 283 g/mol. The van der Waals surface area contributed by atoms with Gasteiger partial charge < -0.3 is 5.41 Å². The van der Waals surface area contributed by atoms with Crippen molar-refractivity contribution in [3.8, 4) is 0 Å². The van der Waals surface area contributed by atoms with Crippen LogP contribution in [0, 0.1) is 5.41 Å². The highest BCUT2D eigenvalue weighted by molar-refractivity contribution is 6.39. The monoisotopic (exact) mass is 296 g/mol. The van der Waals surface area contributed by atoms with Gasteiger partial charge in [-0.25, -0.2) is 0 Å². The molecule has 0 fully saturated rings. The van der Waals surface area contributed by atoms with E-state index in [0.29, 0.717) is 16.3 Å². The van der Waals surface area contributed by atoms with Crippen molar-refractivity contribution >= 4 is 40.2 Å². The first-order chi connectivity index (χ1) is 9.19. The van der Waals surface area contributed by atoms with Crippen LogP contribution in [-0.2, 0) is 6.42 Å². The van der Waals surface area contributed by atoms with E-state index in [0.717, 1.165) is 31.4 Å². The highest BCUT2D eigenvalue weighted by Crippen LogP contribution is 2.29. The minimum Gasteiger partial charge on any atom is -0.308 e. The van der Waals surface area contributed by atoms with Crippen molar-refractivity contribution in [1.29, 1.82) is 5.41 Å². The zero-order chi connectivity index (χ0) is 13.8. The first kappa shape index (κ1) is 14.2. The lowest BCUT2D eigenvalue weighted by molar-refractivity contribution is 0.707. The fourth-order valence-electron chi connectivity index (χ4n) is 2.03. The maximum Gasteiger partial charge on any atom is 0.161 e. The molecule has 19 heavy (non-hydrogen) atoms. The molecule has 0 aromatic carbocycles. The molecule has 0 bridgehead atoms. The fourth-order valence-corrected chi connectivity index (χ4v) is 2.46. The van der Waals surface area contributed by atoms with Crippen molar-refractivity contribution in [3.05, 3.63) is 27.8 Å². The number of pyridine rings is 1. The molecule has 0 saturated heterocycles. The molecule has 0 unspecified atom stereocenters. The van der Waals surface area contributed by atoms with Gasteiger partial charge in [0.2, 0.25) is 0 Å². The summed E-state index contributed by atoms with van der Waals surface area (Å²) >= 11 is 12.1. The molecule has 0 saturated carbocycles. The number of hydrogen-bond donors (Lipinski definition) is 1. The molecule has 0 spiro atoms. The number of halogens is 2. The van der Waals surface area contributed by atoms with Gasteiger partial charge in [0.1, 0.15) is 0 Å². The average Bonchev–Trinajstić information content (AvgIpc) is 2.42. The summed E-state index contributed by atoms with van der Waals surface area (Å²) in [6.45, 7) is 2.15. The quantitative estimate of drug-likeness (QED) is 0.668. The highest BCUT2D eigenvalue weighted by Gasteiger charge is 2.14. The number of nitrogens with one attached hydrogen (secondary N) is 1. The molecule has 2 aromatic heterocycles. The number of aryl methyl sites for hydroxylation is 1. The molecule has 0 atom stereocenters. The number of nitrogens with zero attached hydrogens (tertiary/aromatic N) is 3. The van der Waals surface area contributed by atoms with Gasteiger partial charge in [-0.15, -0.1) is 10.2 Å². The number of aromatic nitrogens is 3. The Morgan fingerprint density at radius 1 is 1.21 bits per heavy atom. The Balaban J connectivity index is 2.56. The van der Waals surface area contributed by atoms with E-state index in [1.165, 1.54) is 6.21 Å². The van der Waals surface area contributed by atoms with Gasteiger partial charge >= 0.3 is 0 Å². The van der Waals surface area contributed by atoms with Crippen LogP contribution in [-0.4, -0.2) is 21.4 Å². The lowest BCUT2D eigenvalue weighted by atomic mass is 10.0. The Hall–Kier alpha value is -1.26. The lowest BCUT2D eigenvalue weighted by Gasteiger charge is -2.09. The van der Waals surface area contributed by atoms with E-state index in [1.807, 2.05) is 0 Å². The number of fused-ring (bicyclic) bond motifs is 1. The largest absolute Gasteiger partial charge is 0.308 e. The fraction of sp³-hybridized carbons (Fsp3) is 0.385. The molecule has 2 rings (SSSR count). The third kappa shape index (κ3) is 2.85. The van der Waals surface area contributed by atoms with Crippen molar-refractivity contribution < 1.29 is 0 Å². The van der Waals surface area contributed by atoms with Crippen LogP contribution in [0.3, 0.4) is 0 Å². The van der Waals surface area contributed by atoms with Crippen LogP contribution < -0.4 is 0 Å². The van der Waals surface area contributed by atoms with Gasteiger partial charge in [0.25, 0.3) is 0 Å². The zero-order valence-corrected chi connectivity index (χ0v) is 12.1. The zero-order valence-electron chi connectivity index (χ0n) is 10.6. The summed E-state index contributed by atoms with van der Waals surface area (Å²) in [5.74, 6) is 0. The standard InChI is InChI=1S/C13H14Cl2N4/c1-2-3-4-5-10-8(6-16)11-9(7-17-10)12(14)18-19-13(11)15/h6-7,16H,2-5H2,1H3. The topological polar surface area (TPSA) is 62.5 Å². The van der Waals surface area contributed by atoms with E-state index < -0.39 is 0 Å². The molecule has 0 aliphatic carbocycles. The van der Waals surface area contributed by atoms with Gasteiger partial charge in [0, 0.05) is 34.4 Å². The molecule has 1 N–H and O–H groups in total. The van der Waals surface area contributed by atoms with E-state index in [4.69, 9.17) is 28.6 Å². The molecule has 6 heteroatoms. The minimum atomic E-state index is 0.259. The van der Waals surface area contributed by atoms with Crippen LogP contribution in [0.2, 0.25) is 10.3 Å². The summed E-state index contributed by atoms with van der Waals surface area (Å²) in [5, 5.41) is 17.0. The van der Waals surface area contributed by atoms with Crippen LogP contribution in [0.1, 0.15) is 37.4 Å². The van der Waals surface area contributed by atoms with Crippen molar-refractivity contribution in [2.24, 2.45) is 0 Å². The van der Waals surface area contributed by atoms with Crippen molar-refractivity contribution in [2.45, 2.75) is 32.6 Å². The molecular formula is C13H14Cl2N4. The van der Waals surface area contributed by atoms with Gasteiger partial charge in [-0.05, 0) is 12.8 Å². The van der Waals surface area contributed by atoms with Crippen molar-refractivity contribution in [1.82, 2.24) is 15.2 Å². The van der Waals surface area contributed by atoms with Gasteiger partial charge in [0.15, 0.2) is 10.3 Å². The van der Waals surface area contributed by atoms with Gasteiger partial charge in [-0.3, -0.25) is 4.98 Å². The summed E-state index contributed by atoms with van der Waals surface area (Å²) in [7, 11) is 0. The normalized spacial score (nSPS) is 10.9. The van der Waals surface area contributed by atoms with Gasteiger partial charge in [-0.1, -0.05) is 43.0 Å². The SMILES string of the molecule is CCCCCc1ncc2c(Cl)nnc(Cl)c2c1C=N. The van der Waals surface area contributed by atoms with Crippen LogP contribution in [0.5, 0.6) is 0 Å². The highest BCUT2D eigenvalue weighted by atomic mass is 35.5. The van der Waals surface area contributed by atoms with Crippen LogP contribution in [0.15, 0.2) is 6.20 Å². The summed E-state index contributed by atoms with van der Waals surface area (Å²) in [4.78, 5) is 4.39. The number of hydrogen-bond acceptors (Lipinski definition) is 4. The second-order valence-corrected chi connectivity index (χ2v) is 5.01. The maximum atomic E-state index is 7.60. The first-order valence-corrected chi connectivity index (χ1v) is 6.94. The third-order valence-corrected chi connectivity index (χ3v) is 3.56. The molecule has 0 amide bonds. The Labute approximate surface area is 121 Å². The molecule has 0 radical (unpaired) electrons. The van der Waals surface area contributed by atoms with E-state index in [2.05, 4.69) is 22.1 Å². The molecule has 100 valence electrons. The summed E-state index contributed by atoms with van der Waals surface area (Å²) in [5.41, 5.74) is 1.55. The molecule has 2 aromatic rings. The van der Waals surface area contributed by atoms with Gasteiger partial charge in [-0.2, -0.15) is 0 Å². The Morgan fingerprint density at radius 2 is 1.95 bits per heavy atom. The summed E-state index contributed by atoms with van der Waals surface area (Å²) < 4.78 is 0. The van der Waals surface area contributed by atoms with E-state index in [9.17, 15) is 0 Å². The number of unbranched alkanes of at least 4 members (excludes halogenated alkanes) is 2. The molecule has 2 heterocycles. The Morgan fingerprint density at radius 3 is 2.63 bits per heavy atom. The Bertz CT molecular complexity index is 613. The van der Waals surface area contributed by atoms with Gasteiger partial charge in [0.05, 0.1) is 0 Å². The second-order valence-electron chi connectivity index (χ2n) is 4.29. The Kier molecular flexibility index (Phi) is 4.66.